The Bertz CT molecular complexity index is 312. The molecule has 0 amide bonds. The number of hydrogen-bond acceptors (Lipinski definition) is 3. The first-order valence-electron chi connectivity index (χ1n) is 4.44. The Morgan fingerprint density at radius 2 is 2.38 bits per heavy atom. The quantitative estimate of drug-likeness (QED) is 0.699. The summed E-state index contributed by atoms with van der Waals surface area (Å²) < 4.78 is 5.40. The lowest BCUT2D eigenvalue weighted by Gasteiger charge is -2.11. The molecule has 3 N–H and O–H groups in total. The van der Waals surface area contributed by atoms with Gasteiger partial charge in [-0.15, -0.1) is 0 Å². The van der Waals surface area contributed by atoms with Crippen LogP contribution >= 0.6 is 0 Å². The van der Waals surface area contributed by atoms with Crippen molar-refractivity contribution in [3.05, 3.63) is 29.3 Å². The lowest BCUT2D eigenvalue weighted by molar-refractivity contribution is 0.267. The van der Waals surface area contributed by atoms with E-state index in [1.165, 1.54) is 0 Å². The van der Waals surface area contributed by atoms with E-state index in [1.54, 1.807) is 0 Å². The first kappa shape index (κ1) is 8.53. The second kappa shape index (κ2) is 3.36. The molecule has 1 aromatic carbocycles. The molecule has 2 rings (SSSR count). The zero-order valence-electron chi connectivity index (χ0n) is 7.36. The van der Waals surface area contributed by atoms with Crippen LogP contribution in [0.1, 0.15) is 17.2 Å². The maximum atomic E-state index is 8.95. The van der Waals surface area contributed by atoms with Crippen molar-refractivity contribution in [3.8, 4) is 5.75 Å². The molecule has 1 atom stereocenters. The van der Waals surface area contributed by atoms with Crippen LogP contribution in [0.25, 0.3) is 0 Å². The average Bonchev–Trinajstić information content (AvgIpc) is 2.63. The fraction of sp³-hybridized carbons (Fsp3) is 0.400. The first-order chi connectivity index (χ1) is 6.33. The molecule has 1 aromatic rings. The van der Waals surface area contributed by atoms with Gasteiger partial charge >= 0.3 is 0 Å². The van der Waals surface area contributed by atoms with Crippen molar-refractivity contribution in [2.75, 3.05) is 13.2 Å². The van der Waals surface area contributed by atoms with Gasteiger partial charge in [-0.25, -0.2) is 0 Å². The van der Waals surface area contributed by atoms with Gasteiger partial charge in [0.15, 0.2) is 0 Å². The molecule has 0 aromatic heterocycles. The Morgan fingerprint density at radius 1 is 1.54 bits per heavy atom. The van der Waals surface area contributed by atoms with Crippen molar-refractivity contribution in [2.45, 2.75) is 12.5 Å². The number of rotatable bonds is 2. The minimum absolute atomic E-state index is 0.0174. The minimum Gasteiger partial charge on any atom is -0.493 e. The monoisotopic (exact) mass is 179 g/mol. The Balaban J connectivity index is 2.41. The minimum atomic E-state index is -0.281. The fourth-order valence-electron chi connectivity index (χ4n) is 1.69. The highest BCUT2D eigenvalue weighted by Gasteiger charge is 2.18. The molecular weight excluding hydrogens is 166 g/mol. The molecule has 1 aliphatic heterocycles. The third-order valence-corrected chi connectivity index (χ3v) is 2.38. The Kier molecular flexibility index (Phi) is 2.20. The van der Waals surface area contributed by atoms with E-state index in [0.717, 1.165) is 29.9 Å². The number of benzene rings is 1. The predicted octanol–water partition coefficient (Wildman–Crippen LogP) is 0.614. The summed E-state index contributed by atoms with van der Waals surface area (Å²) in [5.41, 5.74) is 7.93. The van der Waals surface area contributed by atoms with Gasteiger partial charge in [-0.1, -0.05) is 12.1 Å². The summed E-state index contributed by atoms with van der Waals surface area (Å²) >= 11 is 0. The van der Waals surface area contributed by atoms with Crippen LogP contribution in [0.3, 0.4) is 0 Å². The number of aliphatic hydroxyl groups is 1. The van der Waals surface area contributed by atoms with Crippen molar-refractivity contribution in [3.63, 3.8) is 0 Å². The molecule has 0 saturated carbocycles. The van der Waals surface area contributed by atoms with Crippen LogP contribution in [-0.4, -0.2) is 18.3 Å². The molecule has 1 heterocycles. The van der Waals surface area contributed by atoms with Crippen molar-refractivity contribution in [2.24, 2.45) is 5.73 Å². The molecule has 0 radical (unpaired) electrons. The molecule has 0 fully saturated rings. The van der Waals surface area contributed by atoms with E-state index in [2.05, 4.69) is 0 Å². The standard InChI is InChI=1S/C10H13NO2/c11-9(6-12)7-2-1-3-10-8(7)4-5-13-10/h1-3,9,12H,4-6,11H2/t9-/m0/s1. The maximum absolute atomic E-state index is 8.95. The molecule has 0 aliphatic carbocycles. The Morgan fingerprint density at radius 3 is 3.15 bits per heavy atom. The van der Waals surface area contributed by atoms with Crippen LogP contribution < -0.4 is 10.5 Å². The predicted molar refractivity (Wildman–Crippen MR) is 49.7 cm³/mol. The normalized spacial score (nSPS) is 16.5. The number of hydrogen-bond donors (Lipinski definition) is 2. The smallest absolute Gasteiger partial charge is 0.122 e. The molecule has 1 aliphatic rings. The third-order valence-electron chi connectivity index (χ3n) is 2.38. The number of nitrogens with two attached hydrogens (primary N) is 1. The molecule has 70 valence electrons. The van der Waals surface area contributed by atoms with E-state index in [4.69, 9.17) is 15.6 Å². The Labute approximate surface area is 77.1 Å². The Hall–Kier alpha value is -1.06. The number of ether oxygens (including phenoxy) is 1. The van der Waals surface area contributed by atoms with Gasteiger partial charge in [0.2, 0.25) is 0 Å². The molecule has 0 unspecified atom stereocenters. The largest absolute Gasteiger partial charge is 0.493 e. The van der Waals surface area contributed by atoms with Crippen LogP contribution in [0.2, 0.25) is 0 Å². The first-order valence-corrected chi connectivity index (χ1v) is 4.44. The third kappa shape index (κ3) is 1.41. The summed E-state index contributed by atoms with van der Waals surface area (Å²) in [7, 11) is 0. The van der Waals surface area contributed by atoms with Gasteiger partial charge in [0.05, 0.1) is 19.3 Å². The molecule has 3 heteroatoms. The summed E-state index contributed by atoms with van der Waals surface area (Å²) in [6, 6.07) is 5.52. The van der Waals surface area contributed by atoms with E-state index in [-0.39, 0.29) is 12.6 Å². The van der Waals surface area contributed by atoms with Crippen LogP contribution in [0.15, 0.2) is 18.2 Å². The van der Waals surface area contributed by atoms with Gasteiger partial charge in [0.25, 0.3) is 0 Å². The van der Waals surface area contributed by atoms with Crippen LogP contribution in [0.5, 0.6) is 5.75 Å². The second-order valence-corrected chi connectivity index (χ2v) is 3.21. The van der Waals surface area contributed by atoms with Gasteiger partial charge < -0.3 is 15.6 Å². The highest BCUT2D eigenvalue weighted by Crippen LogP contribution is 2.30. The van der Waals surface area contributed by atoms with E-state index in [1.807, 2.05) is 18.2 Å². The number of fused-ring (bicyclic) bond motifs is 1. The zero-order chi connectivity index (χ0) is 9.26. The van der Waals surface area contributed by atoms with Crippen LogP contribution in [0, 0.1) is 0 Å². The molecule has 3 nitrogen and oxygen atoms in total. The van der Waals surface area contributed by atoms with E-state index >= 15 is 0 Å². The van der Waals surface area contributed by atoms with E-state index < -0.39 is 0 Å². The number of aliphatic hydroxyl groups excluding tert-OH is 1. The van der Waals surface area contributed by atoms with Crippen molar-refractivity contribution < 1.29 is 9.84 Å². The van der Waals surface area contributed by atoms with Gasteiger partial charge in [-0.2, -0.15) is 0 Å². The topological polar surface area (TPSA) is 55.5 Å². The fourth-order valence-corrected chi connectivity index (χ4v) is 1.69. The van der Waals surface area contributed by atoms with Gasteiger partial charge in [0.1, 0.15) is 5.75 Å². The second-order valence-electron chi connectivity index (χ2n) is 3.21. The highest BCUT2D eigenvalue weighted by molar-refractivity contribution is 5.44. The highest BCUT2D eigenvalue weighted by atomic mass is 16.5. The summed E-state index contributed by atoms with van der Waals surface area (Å²) in [6.07, 6.45) is 0.902. The molecule has 13 heavy (non-hydrogen) atoms. The molecule has 0 bridgehead atoms. The van der Waals surface area contributed by atoms with E-state index in [9.17, 15) is 0 Å². The van der Waals surface area contributed by atoms with Crippen LogP contribution in [0.4, 0.5) is 0 Å². The summed E-state index contributed by atoms with van der Waals surface area (Å²) in [5, 5.41) is 8.95. The van der Waals surface area contributed by atoms with Crippen molar-refractivity contribution in [1.82, 2.24) is 0 Å². The lowest BCUT2D eigenvalue weighted by Crippen LogP contribution is -2.15. The molecule has 0 spiro atoms. The van der Waals surface area contributed by atoms with Gasteiger partial charge in [-0.05, 0) is 11.6 Å². The zero-order valence-corrected chi connectivity index (χ0v) is 7.36. The van der Waals surface area contributed by atoms with Gasteiger partial charge in [0, 0.05) is 12.0 Å². The molecule has 0 saturated heterocycles. The van der Waals surface area contributed by atoms with Gasteiger partial charge in [-0.3, -0.25) is 0 Å². The average molecular weight is 179 g/mol. The maximum Gasteiger partial charge on any atom is 0.122 e. The van der Waals surface area contributed by atoms with Crippen molar-refractivity contribution >= 4 is 0 Å². The SMILES string of the molecule is N[C@@H](CO)c1cccc2c1CCO2. The summed E-state index contributed by atoms with van der Waals surface area (Å²) in [5.74, 6) is 0.918. The van der Waals surface area contributed by atoms with Crippen LogP contribution in [-0.2, 0) is 6.42 Å². The van der Waals surface area contributed by atoms with E-state index in [0.29, 0.717) is 0 Å². The summed E-state index contributed by atoms with van der Waals surface area (Å²) in [4.78, 5) is 0. The summed E-state index contributed by atoms with van der Waals surface area (Å²) in [6.45, 7) is 0.709. The van der Waals surface area contributed by atoms with Crippen molar-refractivity contribution in [1.29, 1.82) is 0 Å². The molecular formula is C10H13NO2. The lowest BCUT2D eigenvalue weighted by atomic mass is 9.99.